The summed E-state index contributed by atoms with van der Waals surface area (Å²) in [6.45, 7) is 1.85. The maximum absolute atomic E-state index is 9.90. The average Bonchev–Trinajstić information content (AvgIpc) is 1.68. The number of carbonyl (C=O) groups is 1. The molecule has 2 nitrogen and oxygen atoms in total. The molecule has 0 fully saturated rings. The van der Waals surface area contributed by atoms with Crippen molar-refractivity contribution in [1.82, 2.24) is 0 Å². The van der Waals surface area contributed by atoms with Crippen molar-refractivity contribution < 1.29 is 9.90 Å². The molecular formula is C6H11O2. The molecule has 8 heavy (non-hydrogen) atoms. The van der Waals surface area contributed by atoms with Crippen molar-refractivity contribution in [2.75, 3.05) is 6.61 Å². The first kappa shape index (κ1) is 7.63. The van der Waals surface area contributed by atoms with Crippen LogP contribution in [0, 0.1) is 5.92 Å². The van der Waals surface area contributed by atoms with Crippen LogP contribution >= 0.6 is 0 Å². The van der Waals surface area contributed by atoms with Crippen LogP contribution in [0.5, 0.6) is 0 Å². The zero-order valence-corrected chi connectivity index (χ0v) is 5.09. The van der Waals surface area contributed by atoms with E-state index in [9.17, 15) is 9.90 Å². The highest BCUT2D eigenvalue weighted by molar-refractivity contribution is 5.49. The highest BCUT2D eigenvalue weighted by Crippen LogP contribution is 2.02. The molecule has 1 radical (unpaired) electrons. The highest BCUT2D eigenvalue weighted by Gasteiger charge is 1.97. The molecule has 0 saturated carbocycles. The minimum atomic E-state index is -0.0605. The molecule has 2 heteroatoms. The van der Waals surface area contributed by atoms with Gasteiger partial charge in [0.1, 0.15) is 6.29 Å². The van der Waals surface area contributed by atoms with Gasteiger partial charge in [0.15, 0.2) is 0 Å². The Morgan fingerprint density at radius 1 is 1.62 bits per heavy atom. The van der Waals surface area contributed by atoms with E-state index in [1.54, 1.807) is 0 Å². The normalized spacial score (nSPS) is 13.2. The number of rotatable bonds is 4. The minimum Gasteiger partial charge on any atom is -0.303 e. The fourth-order valence-electron chi connectivity index (χ4n) is 0.483. The lowest BCUT2D eigenvalue weighted by molar-refractivity contribution is -0.108. The van der Waals surface area contributed by atoms with E-state index in [1.807, 2.05) is 6.92 Å². The first-order valence-corrected chi connectivity index (χ1v) is 2.83. The molecule has 0 aliphatic carbocycles. The Bertz CT molecular complexity index is 61.5. The van der Waals surface area contributed by atoms with Crippen LogP contribution in [0.2, 0.25) is 0 Å². The standard InChI is InChI=1S/C6H11O2/c1-6(2-4-7)3-5-8/h4,6H,2-3,5H2,1H3. The summed E-state index contributed by atoms with van der Waals surface area (Å²) in [5.74, 6) is 0.282. The van der Waals surface area contributed by atoms with E-state index in [-0.39, 0.29) is 12.5 Å². The summed E-state index contributed by atoms with van der Waals surface area (Å²) in [5, 5.41) is 9.90. The molecule has 0 N–H and O–H groups in total. The summed E-state index contributed by atoms with van der Waals surface area (Å²) in [5.41, 5.74) is 0. The molecule has 0 rings (SSSR count). The van der Waals surface area contributed by atoms with Gasteiger partial charge >= 0.3 is 0 Å². The smallest absolute Gasteiger partial charge is 0.120 e. The van der Waals surface area contributed by atoms with Gasteiger partial charge in [-0.15, -0.1) is 0 Å². The molecule has 0 bridgehead atoms. The maximum atomic E-state index is 9.90. The highest BCUT2D eigenvalue weighted by atomic mass is 16.3. The molecular weight excluding hydrogens is 104 g/mol. The molecule has 0 amide bonds. The second-order valence-corrected chi connectivity index (χ2v) is 2.00. The molecule has 0 heterocycles. The number of hydrogen-bond donors (Lipinski definition) is 0. The molecule has 1 unspecified atom stereocenters. The Balaban J connectivity index is 3.03. The van der Waals surface area contributed by atoms with E-state index in [0.717, 1.165) is 6.29 Å². The van der Waals surface area contributed by atoms with Crippen molar-refractivity contribution in [2.45, 2.75) is 19.8 Å². The molecule has 1 atom stereocenters. The van der Waals surface area contributed by atoms with Crippen LogP contribution in [-0.4, -0.2) is 12.9 Å². The summed E-state index contributed by atoms with van der Waals surface area (Å²) in [4.78, 5) is 9.79. The monoisotopic (exact) mass is 115 g/mol. The predicted molar refractivity (Wildman–Crippen MR) is 30.0 cm³/mol. The van der Waals surface area contributed by atoms with Crippen LogP contribution in [0.3, 0.4) is 0 Å². The SMILES string of the molecule is CC(CC=O)CC[O]. The van der Waals surface area contributed by atoms with Crippen LogP contribution < -0.4 is 0 Å². The molecule has 47 valence electrons. The van der Waals surface area contributed by atoms with E-state index in [4.69, 9.17) is 0 Å². The van der Waals surface area contributed by atoms with E-state index in [2.05, 4.69) is 0 Å². The molecule has 0 aromatic carbocycles. The fourth-order valence-corrected chi connectivity index (χ4v) is 0.483. The van der Waals surface area contributed by atoms with E-state index < -0.39 is 0 Å². The van der Waals surface area contributed by atoms with Gasteiger partial charge in [-0.25, -0.2) is 5.11 Å². The van der Waals surface area contributed by atoms with Gasteiger partial charge in [-0.05, 0) is 12.3 Å². The van der Waals surface area contributed by atoms with E-state index in [1.165, 1.54) is 0 Å². The van der Waals surface area contributed by atoms with Gasteiger partial charge < -0.3 is 4.79 Å². The first-order chi connectivity index (χ1) is 3.81. The van der Waals surface area contributed by atoms with Gasteiger partial charge in [-0.1, -0.05) is 6.92 Å². The molecule has 0 aromatic rings. The summed E-state index contributed by atoms with van der Waals surface area (Å²) >= 11 is 0. The van der Waals surface area contributed by atoms with Crippen LogP contribution in [-0.2, 0) is 9.90 Å². The summed E-state index contributed by atoms with van der Waals surface area (Å²) in [6, 6.07) is 0. The summed E-state index contributed by atoms with van der Waals surface area (Å²) in [7, 11) is 0. The van der Waals surface area contributed by atoms with Crippen molar-refractivity contribution in [2.24, 2.45) is 5.92 Å². The largest absolute Gasteiger partial charge is 0.303 e. The Labute approximate surface area is 49.5 Å². The van der Waals surface area contributed by atoms with Crippen LogP contribution in [0.15, 0.2) is 0 Å². The van der Waals surface area contributed by atoms with Gasteiger partial charge in [0.05, 0.1) is 6.61 Å². The predicted octanol–water partition coefficient (Wildman–Crippen LogP) is 1.03. The quantitative estimate of drug-likeness (QED) is 0.504. The number of hydrogen-bond acceptors (Lipinski definition) is 1. The average molecular weight is 115 g/mol. The van der Waals surface area contributed by atoms with Crippen molar-refractivity contribution >= 4 is 6.29 Å². The van der Waals surface area contributed by atoms with Crippen LogP contribution in [0.25, 0.3) is 0 Å². The topological polar surface area (TPSA) is 37.0 Å². The lowest BCUT2D eigenvalue weighted by Crippen LogP contribution is -1.96. The third kappa shape index (κ3) is 3.81. The van der Waals surface area contributed by atoms with Crippen molar-refractivity contribution in [1.29, 1.82) is 0 Å². The zero-order chi connectivity index (χ0) is 6.41. The van der Waals surface area contributed by atoms with Gasteiger partial charge in [0.25, 0.3) is 0 Å². The fraction of sp³-hybridized carbons (Fsp3) is 0.833. The van der Waals surface area contributed by atoms with E-state index in [0.29, 0.717) is 12.8 Å². The Morgan fingerprint density at radius 2 is 2.25 bits per heavy atom. The first-order valence-electron chi connectivity index (χ1n) is 2.83. The molecule has 0 saturated heterocycles. The third-order valence-corrected chi connectivity index (χ3v) is 1.11. The van der Waals surface area contributed by atoms with Gasteiger partial charge in [0.2, 0.25) is 0 Å². The second-order valence-electron chi connectivity index (χ2n) is 2.00. The third-order valence-electron chi connectivity index (χ3n) is 1.11. The van der Waals surface area contributed by atoms with Gasteiger partial charge in [0, 0.05) is 6.42 Å². The molecule has 0 spiro atoms. The van der Waals surface area contributed by atoms with Gasteiger partial charge in [-0.3, -0.25) is 0 Å². The summed E-state index contributed by atoms with van der Waals surface area (Å²) in [6.07, 6.45) is 2.02. The Morgan fingerprint density at radius 3 is 2.62 bits per heavy atom. The minimum absolute atomic E-state index is 0.0605. The Hall–Kier alpha value is -0.370. The van der Waals surface area contributed by atoms with Crippen LogP contribution in [0.1, 0.15) is 19.8 Å². The number of carbonyl (C=O) groups excluding carboxylic acids is 1. The lowest BCUT2D eigenvalue weighted by Gasteiger charge is -2.00. The van der Waals surface area contributed by atoms with Gasteiger partial charge in [-0.2, -0.15) is 0 Å². The maximum Gasteiger partial charge on any atom is 0.120 e. The number of aldehydes is 1. The van der Waals surface area contributed by atoms with E-state index >= 15 is 0 Å². The van der Waals surface area contributed by atoms with Crippen molar-refractivity contribution in [3.63, 3.8) is 0 Å². The van der Waals surface area contributed by atoms with Crippen molar-refractivity contribution in [3.8, 4) is 0 Å². The Kier molecular flexibility index (Phi) is 4.56. The van der Waals surface area contributed by atoms with Crippen molar-refractivity contribution in [3.05, 3.63) is 0 Å². The molecule has 0 aromatic heterocycles. The lowest BCUT2D eigenvalue weighted by atomic mass is 10.1. The summed E-state index contributed by atoms with van der Waals surface area (Å²) < 4.78 is 0. The molecule has 0 aliphatic heterocycles. The molecule has 0 aliphatic rings. The second kappa shape index (κ2) is 4.78. The zero-order valence-electron chi connectivity index (χ0n) is 5.09. The van der Waals surface area contributed by atoms with Crippen LogP contribution in [0.4, 0.5) is 0 Å².